The minimum Gasteiger partial charge on any atom is -0.394 e. The highest BCUT2D eigenvalue weighted by atomic mass is 16.5. The first-order valence-electron chi connectivity index (χ1n) is 9.62. The average molecular weight is 407 g/mol. The highest BCUT2D eigenvalue weighted by Gasteiger charge is 2.45. The van der Waals surface area contributed by atoms with Gasteiger partial charge in [0.2, 0.25) is 5.91 Å². The molecule has 2 fully saturated rings. The monoisotopic (exact) mass is 407 g/mol. The quantitative estimate of drug-likeness (QED) is 0.279. The standard InChI is InChI=1S/C17H25N7O5/c25-5-9-11(23-10(26)4-8-2-1-3-18-8)13(27)14(28)17(29-9)24-16-12-15(20-6-19-12)21-7-22-16/h6-9,11,13-14,17-18,25,27-28H,1-5H2,(H,23,26)(H2,19,20,21,22,24)/t8-,9-,11-,13+,14-,17-/m0/s1. The molecule has 4 heterocycles. The van der Waals surface area contributed by atoms with Crippen molar-refractivity contribution < 1.29 is 24.9 Å². The number of aliphatic hydroxyl groups excluding tert-OH is 3. The summed E-state index contributed by atoms with van der Waals surface area (Å²) in [7, 11) is 0. The molecule has 0 radical (unpaired) electrons. The summed E-state index contributed by atoms with van der Waals surface area (Å²) >= 11 is 0. The number of H-pyrrole nitrogens is 1. The Labute approximate surface area is 166 Å². The van der Waals surface area contributed by atoms with Gasteiger partial charge in [-0.3, -0.25) is 4.79 Å². The zero-order chi connectivity index (χ0) is 20.4. The fourth-order valence-electron chi connectivity index (χ4n) is 3.83. The van der Waals surface area contributed by atoms with E-state index >= 15 is 0 Å². The second kappa shape index (κ2) is 8.55. The second-order valence-corrected chi connectivity index (χ2v) is 7.32. The number of ether oxygens (including phenoxy) is 1. The number of carbonyl (C=O) groups excluding carboxylic acids is 1. The first-order chi connectivity index (χ1) is 14.1. The minimum atomic E-state index is -1.37. The molecule has 1 amide bonds. The van der Waals surface area contributed by atoms with Crippen LogP contribution >= 0.6 is 0 Å². The van der Waals surface area contributed by atoms with E-state index in [0.717, 1.165) is 19.4 Å². The van der Waals surface area contributed by atoms with E-state index in [1.165, 1.54) is 12.7 Å². The molecule has 0 aromatic carbocycles. The number of amides is 1. The molecule has 2 aromatic heterocycles. The summed E-state index contributed by atoms with van der Waals surface area (Å²) in [4.78, 5) is 27.4. The number of anilines is 1. The van der Waals surface area contributed by atoms with E-state index in [9.17, 15) is 20.1 Å². The summed E-state index contributed by atoms with van der Waals surface area (Å²) in [5.74, 6) is 0.0549. The van der Waals surface area contributed by atoms with Crippen LogP contribution in [0.5, 0.6) is 0 Å². The van der Waals surface area contributed by atoms with Gasteiger partial charge in [-0.25, -0.2) is 15.0 Å². The molecule has 0 aliphatic carbocycles. The van der Waals surface area contributed by atoms with Crippen LogP contribution in [0.4, 0.5) is 5.82 Å². The van der Waals surface area contributed by atoms with Crippen molar-refractivity contribution in [3.8, 4) is 0 Å². The Balaban J connectivity index is 1.44. The smallest absolute Gasteiger partial charge is 0.221 e. The van der Waals surface area contributed by atoms with Crippen molar-refractivity contribution in [2.24, 2.45) is 0 Å². The number of aliphatic hydroxyl groups is 3. The van der Waals surface area contributed by atoms with Gasteiger partial charge in [0.05, 0.1) is 19.0 Å². The third kappa shape index (κ3) is 4.16. The van der Waals surface area contributed by atoms with Crippen LogP contribution in [-0.4, -0.2) is 90.9 Å². The van der Waals surface area contributed by atoms with Crippen molar-refractivity contribution >= 4 is 22.9 Å². The van der Waals surface area contributed by atoms with Gasteiger partial charge < -0.3 is 41.0 Å². The summed E-state index contributed by atoms with van der Waals surface area (Å²) < 4.78 is 5.74. The summed E-state index contributed by atoms with van der Waals surface area (Å²) in [5, 5.41) is 39.7. The molecule has 29 heavy (non-hydrogen) atoms. The maximum atomic E-state index is 12.3. The first kappa shape index (κ1) is 19.9. The molecule has 2 saturated heterocycles. The Bertz CT molecular complexity index is 840. The Morgan fingerprint density at radius 2 is 2.14 bits per heavy atom. The fraction of sp³-hybridized carbons (Fsp3) is 0.647. The molecule has 2 aromatic rings. The number of aromatic nitrogens is 4. The molecule has 0 bridgehead atoms. The predicted octanol–water partition coefficient (Wildman–Crippen LogP) is -2.17. The first-order valence-corrected chi connectivity index (χ1v) is 9.62. The van der Waals surface area contributed by atoms with E-state index in [0.29, 0.717) is 17.0 Å². The van der Waals surface area contributed by atoms with Gasteiger partial charge in [-0.1, -0.05) is 0 Å². The molecule has 12 heteroatoms. The fourth-order valence-corrected chi connectivity index (χ4v) is 3.83. The summed E-state index contributed by atoms with van der Waals surface area (Å²) in [6.45, 7) is 0.433. The largest absolute Gasteiger partial charge is 0.394 e. The van der Waals surface area contributed by atoms with E-state index < -0.39 is 37.2 Å². The van der Waals surface area contributed by atoms with Gasteiger partial charge in [0.15, 0.2) is 17.7 Å². The highest BCUT2D eigenvalue weighted by Crippen LogP contribution is 2.24. The lowest BCUT2D eigenvalue weighted by atomic mass is 9.95. The molecule has 4 rings (SSSR count). The Morgan fingerprint density at radius 3 is 2.90 bits per heavy atom. The van der Waals surface area contributed by atoms with Crippen LogP contribution in [0, 0.1) is 0 Å². The third-order valence-corrected chi connectivity index (χ3v) is 5.35. The Kier molecular flexibility index (Phi) is 5.87. The molecule has 7 N–H and O–H groups in total. The summed E-state index contributed by atoms with van der Waals surface area (Å²) in [5.41, 5.74) is 0.940. The number of rotatable bonds is 6. The lowest BCUT2D eigenvalue weighted by Crippen LogP contribution is -2.66. The van der Waals surface area contributed by atoms with Gasteiger partial charge in [0, 0.05) is 12.5 Å². The van der Waals surface area contributed by atoms with Gasteiger partial charge in [0.25, 0.3) is 0 Å². The lowest BCUT2D eigenvalue weighted by Gasteiger charge is -2.42. The van der Waals surface area contributed by atoms with Crippen LogP contribution in [0.3, 0.4) is 0 Å². The number of carbonyl (C=O) groups is 1. The van der Waals surface area contributed by atoms with Gasteiger partial charge in [-0.2, -0.15) is 0 Å². The van der Waals surface area contributed by atoms with Gasteiger partial charge in [-0.15, -0.1) is 0 Å². The summed E-state index contributed by atoms with van der Waals surface area (Å²) in [6, 6.07) is -0.849. The zero-order valence-corrected chi connectivity index (χ0v) is 15.7. The molecule has 158 valence electrons. The molecule has 0 saturated carbocycles. The molecular formula is C17H25N7O5. The number of hydrogen-bond donors (Lipinski definition) is 7. The Morgan fingerprint density at radius 1 is 1.28 bits per heavy atom. The SMILES string of the molecule is O=C(C[C@@H]1CCCN1)N[C@@H]1[C@@H](O)[C@H](O)[C@@H](Nc2ncnc3nc[nH]c23)O[C@H]1CO. The van der Waals surface area contributed by atoms with Gasteiger partial charge >= 0.3 is 0 Å². The van der Waals surface area contributed by atoms with Crippen molar-refractivity contribution in [2.45, 2.75) is 55.9 Å². The van der Waals surface area contributed by atoms with Crippen LogP contribution in [0.25, 0.3) is 11.2 Å². The van der Waals surface area contributed by atoms with Crippen LogP contribution in [-0.2, 0) is 9.53 Å². The van der Waals surface area contributed by atoms with Crippen molar-refractivity contribution in [1.82, 2.24) is 30.6 Å². The molecular weight excluding hydrogens is 382 g/mol. The normalized spacial score (nSPS) is 32.4. The topological polar surface area (TPSA) is 178 Å². The molecule has 0 spiro atoms. The highest BCUT2D eigenvalue weighted by molar-refractivity contribution is 5.82. The number of nitrogens with zero attached hydrogens (tertiary/aromatic N) is 3. The van der Waals surface area contributed by atoms with E-state index in [4.69, 9.17) is 4.74 Å². The maximum absolute atomic E-state index is 12.3. The van der Waals surface area contributed by atoms with Crippen molar-refractivity contribution in [3.63, 3.8) is 0 Å². The van der Waals surface area contributed by atoms with E-state index in [2.05, 4.69) is 35.9 Å². The summed E-state index contributed by atoms with van der Waals surface area (Å²) in [6.07, 6.45) is 0.260. The number of hydrogen-bond acceptors (Lipinski definition) is 10. The number of imidazole rings is 1. The van der Waals surface area contributed by atoms with E-state index in [1.807, 2.05) is 0 Å². The van der Waals surface area contributed by atoms with Gasteiger partial charge in [0.1, 0.15) is 30.2 Å². The maximum Gasteiger partial charge on any atom is 0.221 e. The Hall–Kier alpha value is -2.38. The average Bonchev–Trinajstić information content (AvgIpc) is 3.39. The van der Waals surface area contributed by atoms with E-state index in [-0.39, 0.29) is 18.4 Å². The van der Waals surface area contributed by atoms with Crippen molar-refractivity contribution in [3.05, 3.63) is 12.7 Å². The molecule has 2 aliphatic rings. The molecule has 6 atom stereocenters. The van der Waals surface area contributed by atoms with Crippen molar-refractivity contribution in [2.75, 3.05) is 18.5 Å². The van der Waals surface area contributed by atoms with Crippen LogP contribution in [0.1, 0.15) is 19.3 Å². The van der Waals surface area contributed by atoms with E-state index in [1.54, 1.807) is 0 Å². The number of nitrogens with one attached hydrogen (secondary N) is 4. The number of aromatic amines is 1. The van der Waals surface area contributed by atoms with Crippen LogP contribution < -0.4 is 16.0 Å². The predicted molar refractivity (Wildman–Crippen MR) is 101 cm³/mol. The zero-order valence-electron chi connectivity index (χ0n) is 15.7. The van der Waals surface area contributed by atoms with Gasteiger partial charge in [-0.05, 0) is 19.4 Å². The molecule has 12 nitrogen and oxygen atoms in total. The van der Waals surface area contributed by atoms with Crippen LogP contribution in [0.2, 0.25) is 0 Å². The molecule has 2 aliphatic heterocycles. The molecule has 0 unspecified atom stereocenters. The third-order valence-electron chi connectivity index (χ3n) is 5.35. The second-order valence-electron chi connectivity index (χ2n) is 7.32. The lowest BCUT2D eigenvalue weighted by molar-refractivity contribution is -0.185. The van der Waals surface area contributed by atoms with Crippen molar-refractivity contribution in [1.29, 1.82) is 0 Å². The van der Waals surface area contributed by atoms with Crippen LogP contribution in [0.15, 0.2) is 12.7 Å². The minimum absolute atomic E-state index is 0.0955. The number of fused-ring (bicyclic) bond motifs is 1.